The van der Waals surface area contributed by atoms with Crippen LogP contribution in [0.25, 0.3) is 11.1 Å². The van der Waals surface area contributed by atoms with Gasteiger partial charge in [0.25, 0.3) is 0 Å². The molecule has 3 heteroatoms. The third-order valence-electron chi connectivity index (χ3n) is 2.66. The van der Waals surface area contributed by atoms with Crippen molar-refractivity contribution in [1.82, 2.24) is 15.3 Å². The number of likely N-dealkylation sites (N-methyl/N-ethyl adjacent to an activating group) is 1. The molecular weight excluding hydrogens is 210 g/mol. The number of hydrogen-bond acceptors (Lipinski definition) is 3. The van der Waals surface area contributed by atoms with Crippen LogP contribution in [0.5, 0.6) is 0 Å². The van der Waals surface area contributed by atoms with Gasteiger partial charge in [0, 0.05) is 30.9 Å². The molecule has 17 heavy (non-hydrogen) atoms. The smallest absolute Gasteiger partial charge is 0.129 e. The summed E-state index contributed by atoms with van der Waals surface area (Å²) in [7, 11) is 1.93. The van der Waals surface area contributed by atoms with Gasteiger partial charge in [0.1, 0.15) is 5.82 Å². The second-order valence-corrected chi connectivity index (χ2v) is 4.11. The zero-order valence-electron chi connectivity index (χ0n) is 10.3. The van der Waals surface area contributed by atoms with Gasteiger partial charge in [0.05, 0.1) is 0 Å². The molecule has 0 atom stereocenters. The first-order valence-electron chi connectivity index (χ1n) is 5.82. The van der Waals surface area contributed by atoms with Crippen molar-refractivity contribution in [2.24, 2.45) is 0 Å². The van der Waals surface area contributed by atoms with E-state index in [2.05, 4.69) is 46.5 Å². The Hall–Kier alpha value is -1.74. The summed E-state index contributed by atoms with van der Waals surface area (Å²) in [6, 6.07) is 8.37. The Bertz CT molecular complexity index is 477. The van der Waals surface area contributed by atoms with Crippen LogP contribution in [0.3, 0.4) is 0 Å². The first-order valence-corrected chi connectivity index (χ1v) is 5.82. The maximum absolute atomic E-state index is 4.37. The molecule has 0 bridgehead atoms. The van der Waals surface area contributed by atoms with E-state index < -0.39 is 0 Å². The second-order valence-electron chi connectivity index (χ2n) is 4.11. The summed E-state index contributed by atoms with van der Waals surface area (Å²) in [5.41, 5.74) is 3.49. The fourth-order valence-corrected chi connectivity index (χ4v) is 1.69. The first kappa shape index (κ1) is 11.7. The number of nitrogens with one attached hydrogen (secondary N) is 1. The maximum Gasteiger partial charge on any atom is 0.129 e. The summed E-state index contributed by atoms with van der Waals surface area (Å²) in [6.45, 7) is 3.00. The Labute approximate surface area is 102 Å². The van der Waals surface area contributed by atoms with Gasteiger partial charge in [-0.2, -0.15) is 0 Å². The fraction of sp³-hybridized carbons (Fsp3) is 0.286. The average Bonchev–Trinajstić information content (AvgIpc) is 2.37. The molecule has 3 nitrogen and oxygen atoms in total. The summed E-state index contributed by atoms with van der Waals surface area (Å²) in [4.78, 5) is 8.74. The molecule has 88 valence electrons. The molecule has 0 spiro atoms. The molecule has 1 heterocycles. The summed E-state index contributed by atoms with van der Waals surface area (Å²) in [5.74, 6) is 0.885. The van der Waals surface area contributed by atoms with E-state index in [1.165, 1.54) is 11.1 Å². The minimum Gasteiger partial charge on any atom is -0.319 e. The van der Waals surface area contributed by atoms with Gasteiger partial charge in [-0.15, -0.1) is 0 Å². The minimum atomic E-state index is 0.866. The molecule has 1 aromatic carbocycles. The van der Waals surface area contributed by atoms with Gasteiger partial charge in [-0.3, -0.25) is 0 Å². The molecule has 2 aromatic rings. The summed E-state index contributed by atoms with van der Waals surface area (Å²) >= 11 is 0. The van der Waals surface area contributed by atoms with Gasteiger partial charge >= 0.3 is 0 Å². The van der Waals surface area contributed by atoms with Crippen LogP contribution in [0, 0.1) is 6.92 Å². The van der Waals surface area contributed by atoms with Crippen LogP contribution in [0.4, 0.5) is 0 Å². The lowest BCUT2D eigenvalue weighted by molar-refractivity contribution is 0.755. The van der Waals surface area contributed by atoms with E-state index in [9.17, 15) is 0 Å². The molecule has 1 aromatic heterocycles. The standard InChI is InChI=1S/C14H17N3/c1-11-4-3-5-12(8-11)13-9-16-14(17-10-13)6-7-15-2/h3-5,8-10,15H,6-7H2,1-2H3. The zero-order valence-corrected chi connectivity index (χ0v) is 10.3. The lowest BCUT2D eigenvalue weighted by Crippen LogP contribution is -2.12. The summed E-state index contributed by atoms with van der Waals surface area (Å²) in [5, 5.41) is 3.09. The van der Waals surface area contributed by atoms with E-state index in [0.717, 1.165) is 24.4 Å². The average molecular weight is 227 g/mol. The van der Waals surface area contributed by atoms with E-state index in [4.69, 9.17) is 0 Å². The second kappa shape index (κ2) is 5.55. The van der Waals surface area contributed by atoms with Crippen LogP contribution in [0.1, 0.15) is 11.4 Å². The molecule has 0 radical (unpaired) electrons. The van der Waals surface area contributed by atoms with Crippen LogP contribution < -0.4 is 5.32 Å². The number of benzene rings is 1. The first-order chi connectivity index (χ1) is 8.29. The molecule has 1 N–H and O–H groups in total. The molecule has 0 unspecified atom stereocenters. The van der Waals surface area contributed by atoms with Crippen molar-refractivity contribution in [3.05, 3.63) is 48.0 Å². The number of rotatable bonds is 4. The van der Waals surface area contributed by atoms with E-state index in [1.54, 1.807) is 0 Å². The number of aromatic nitrogens is 2. The largest absolute Gasteiger partial charge is 0.319 e. The van der Waals surface area contributed by atoms with Crippen LogP contribution in [-0.4, -0.2) is 23.6 Å². The normalized spacial score (nSPS) is 10.5. The molecule has 0 aliphatic carbocycles. The molecule has 0 saturated carbocycles. The molecule has 0 saturated heterocycles. The minimum absolute atomic E-state index is 0.866. The number of hydrogen-bond donors (Lipinski definition) is 1. The van der Waals surface area contributed by atoms with E-state index >= 15 is 0 Å². The number of nitrogens with zero attached hydrogens (tertiary/aromatic N) is 2. The van der Waals surface area contributed by atoms with Crippen molar-refractivity contribution in [2.45, 2.75) is 13.3 Å². The summed E-state index contributed by atoms with van der Waals surface area (Å²) in [6.07, 6.45) is 4.66. The number of aryl methyl sites for hydroxylation is 1. The highest BCUT2D eigenvalue weighted by Gasteiger charge is 2.00. The molecule has 0 fully saturated rings. The predicted molar refractivity (Wildman–Crippen MR) is 69.8 cm³/mol. The molecule has 0 amide bonds. The van der Waals surface area contributed by atoms with E-state index in [1.807, 2.05) is 19.4 Å². The summed E-state index contributed by atoms with van der Waals surface area (Å²) < 4.78 is 0. The Kier molecular flexibility index (Phi) is 3.83. The van der Waals surface area contributed by atoms with Crippen molar-refractivity contribution in [3.63, 3.8) is 0 Å². The third-order valence-corrected chi connectivity index (χ3v) is 2.66. The van der Waals surface area contributed by atoms with Crippen LogP contribution >= 0.6 is 0 Å². The SMILES string of the molecule is CNCCc1ncc(-c2cccc(C)c2)cn1. The van der Waals surface area contributed by atoms with Crippen LogP contribution in [0.2, 0.25) is 0 Å². The van der Waals surface area contributed by atoms with E-state index in [-0.39, 0.29) is 0 Å². The van der Waals surface area contributed by atoms with Gasteiger partial charge in [0.15, 0.2) is 0 Å². The fourth-order valence-electron chi connectivity index (χ4n) is 1.69. The quantitative estimate of drug-likeness (QED) is 0.870. The van der Waals surface area contributed by atoms with Gasteiger partial charge < -0.3 is 5.32 Å². The lowest BCUT2D eigenvalue weighted by atomic mass is 10.1. The Morgan fingerprint density at radius 1 is 1.12 bits per heavy atom. The highest BCUT2D eigenvalue weighted by molar-refractivity contribution is 5.62. The van der Waals surface area contributed by atoms with Crippen molar-refractivity contribution >= 4 is 0 Å². The zero-order chi connectivity index (χ0) is 12.1. The van der Waals surface area contributed by atoms with Gasteiger partial charge in [-0.05, 0) is 19.5 Å². The van der Waals surface area contributed by atoms with Gasteiger partial charge in [-0.25, -0.2) is 9.97 Å². The predicted octanol–water partition coefficient (Wildman–Crippen LogP) is 2.21. The van der Waals surface area contributed by atoms with Crippen molar-refractivity contribution in [1.29, 1.82) is 0 Å². The molecule has 2 rings (SSSR count). The third kappa shape index (κ3) is 3.11. The Morgan fingerprint density at radius 3 is 2.53 bits per heavy atom. The Morgan fingerprint density at radius 2 is 1.88 bits per heavy atom. The van der Waals surface area contributed by atoms with Gasteiger partial charge in [0.2, 0.25) is 0 Å². The highest BCUT2D eigenvalue weighted by atomic mass is 14.9. The monoisotopic (exact) mass is 227 g/mol. The van der Waals surface area contributed by atoms with Crippen molar-refractivity contribution < 1.29 is 0 Å². The Balaban J connectivity index is 2.17. The van der Waals surface area contributed by atoms with Gasteiger partial charge in [-0.1, -0.05) is 29.8 Å². The lowest BCUT2D eigenvalue weighted by Gasteiger charge is -2.03. The highest BCUT2D eigenvalue weighted by Crippen LogP contribution is 2.18. The maximum atomic E-state index is 4.37. The molecule has 0 aliphatic rings. The van der Waals surface area contributed by atoms with Crippen LogP contribution in [-0.2, 0) is 6.42 Å². The molecular formula is C14H17N3. The van der Waals surface area contributed by atoms with Crippen LogP contribution in [0.15, 0.2) is 36.7 Å². The van der Waals surface area contributed by atoms with Crippen molar-refractivity contribution in [2.75, 3.05) is 13.6 Å². The van der Waals surface area contributed by atoms with E-state index in [0.29, 0.717) is 0 Å². The topological polar surface area (TPSA) is 37.8 Å². The molecule has 0 aliphatic heterocycles. The van der Waals surface area contributed by atoms with Crippen molar-refractivity contribution in [3.8, 4) is 11.1 Å².